The molecule has 2 rings (SSSR count). The maximum absolute atomic E-state index is 11.5. The highest BCUT2D eigenvalue weighted by Crippen LogP contribution is 2.29. The minimum Gasteiger partial charge on any atom is -0.371 e. The van der Waals surface area contributed by atoms with Gasteiger partial charge in [-0.1, -0.05) is 15.9 Å². The Labute approximate surface area is 115 Å². The first kappa shape index (κ1) is 13.4. The van der Waals surface area contributed by atoms with Crippen LogP contribution < -0.4 is 16.4 Å². The molecule has 1 aliphatic heterocycles. The van der Waals surface area contributed by atoms with Crippen LogP contribution in [0.4, 0.5) is 5.69 Å². The molecule has 1 fully saturated rings. The van der Waals surface area contributed by atoms with Crippen molar-refractivity contribution in [1.82, 2.24) is 0 Å². The number of carbonyl (C=O) groups excluding carboxylic acids is 1. The Morgan fingerprint density at radius 1 is 1.56 bits per heavy atom. The van der Waals surface area contributed by atoms with Crippen molar-refractivity contribution in [3.05, 3.63) is 28.2 Å². The Kier molecular flexibility index (Phi) is 3.92. The fraction of sp³-hybridized carbons (Fsp3) is 0.462. The highest BCUT2D eigenvalue weighted by atomic mass is 79.9. The number of benzene rings is 1. The molecule has 1 aromatic carbocycles. The molecule has 4 nitrogen and oxygen atoms in total. The number of carbonyl (C=O) groups is 1. The van der Waals surface area contributed by atoms with Crippen LogP contribution in [-0.4, -0.2) is 25.0 Å². The summed E-state index contributed by atoms with van der Waals surface area (Å²) in [5, 5.41) is 0. The minimum absolute atomic E-state index is 0.183. The van der Waals surface area contributed by atoms with Crippen LogP contribution in [0.5, 0.6) is 0 Å². The number of amides is 1. The number of hydrogen-bond acceptors (Lipinski definition) is 3. The van der Waals surface area contributed by atoms with E-state index in [4.69, 9.17) is 11.5 Å². The van der Waals surface area contributed by atoms with Gasteiger partial charge < -0.3 is 16.4 Å². The molecular weight excluding hydrogens is 294 g/mol. The van der Waals surface area contributed by atoms with Crippen LogP contribution in [0.2, 0.25) is 0 Å². The lowest BCUT2D eigenvalue weighted by atomic mass is 10.0. The molecule has 1 amide bonds. The summed E-state index contributed by atoms with van der Waals surface area (Å²) in [7, 11) is 0. The number of nitrogens with zero attached hydrogens (tertiary/aromatic N) is 1. The average molecular weight is 312 g/mol. The zero-order valence-electron chi connectivity index (χ0n) is 10.4. The van der Waals surface area contributed by atoms with Crippen molar-refractivity contribution >= 4 is 27.5 Å². The quantitative estimate of drug-likeness (QED) is 0.892. The number of nitrogens with two attached hydrogens (primary N) is 2. The van der Waals surface area contributed by atoms with Gasteiger partial charge in [-0.05, 0) is 37.5 Å². The standard InChI is InChI=1S/C13H18BrN3O/c1-8(15)9-4-5-17(7-9)12-3-2-10(14)6-11(12)13(16)18/h2-3,6,8-9H,4-5,7,15H2,1H3,(H2,16,18). The van der Waals surface area contributed by atoms with Gasteiger partial charge in [0.05, 0.1) is 5.56 Å². The second-order valence-electron chi connectivity index (χ2n) is 4.88. The lowest BCUT2D eigenvalue weighted by Crippen LogP contribution is -2.30. The SMILES string of the molecule is CC(N)C1CCN(c2ccc(Br)cc2C(N)=O)C1. The molecule has 1 aromatic rings. The molecule has 0 aromatic heterocycles. The van der Waals surface area contributed by atoms with Gasteiger partial charge in [0.25, 0.3) is 5.91 Å². The van der Waals surface area contributed by atoms with E-state index in [-0.39, 0.29) is 6.04 Å². The van der Waals surface area contributed by atoms with E-state index in [0.29, 0.717) is 11.5 Å². The van der Waals surface area contributed by atoms with E-state index in [0.717, 1.165) is 29.7 Å². The highest BCUT2D eigenvalue weighted by Gasteiger charge is 2.27. The largest absolute Gasteiger partial charge is 0.371 e. The molecule has 0 bridgehead atoms. The average Bonchev–Trinajstić information content (AvgIpc) is 2.78. The van der Waals surface area contributed by atoms with E-state index in [1.54, 1.807) is 6.07 Å². The molecule has 0 aliphatic carbocycles. The van der Waals surface area contributed by atoms with Crippen molar-refractivity contribution in [1.29, 1.82) is 0 Å². The smallest absolute Gasteiger partial charge is 0.250 e. The second kappa shape index (κ2) is 5.28. The molecule has 4 N–H and O–H groups in total. The van der Waals surface area contributed by atoms with Crippen LogP contribution in [0.1, 0.15) is 23.7 Å². The Balaban J connectivity index is 2.27. The molecule has 0 radical (unpaired) electrons. The number of halogens is 1. The molecule has 0 spiro atoms. The third-order valence-electron chi connectivity index (χ3n) is 3.53. The van der Waals surface area contributed by atoms with Gasteiger partial charge >= 0.3 is 0 Å². The van der Waals surface area contributed by atoms with Crippen LogP contribution in [0.15, 0.2) is 22.7 Å². The summed E-state index contributed by atoms with van der Waals surface area (Å²) in [6, 6.07) is 5.83. The van der Waals surface area contributed by atoms with Crippen molar-refractivity contribution < 1.29 is 4.79 Å². The zero-order chi connectivity index (χ0) is 13.3. The van der Waals surface area contributed by atoms with Crippen LogP contribution in [0.25, 0.3) is 0 Å². The van der Waals surface area contributed by atoms with E-state index in [2.05, 4.69) is 20.8 Å². The molecular formula is C13H18BrN3O. The fourth-order valence-electron chi connectivity index (χ4n) is 2.42. The summed E-state index contributed by atoms with van der Waals surface area (Å²) in [5.74, 6) is 0.0879. The van der Waals surface area contributed by atoms with Crippen molar-refractivity contribution in [2.24, 2.45) is 17.4 Å². The molecule has 98 valence electrons. The van der Waals surface area contributed by atoms with Crippen molar-refractivity contribution in [2.45, 2.75) is 19.4 Å². The van der Waals surface area contributed by atoms with Crippen molar-refractivity contribution in [3.63, 3.8) is 0 Å². The lowest BCUT2D eigenvalue weighted by Gasteiger charge is -2.22. The first-order chi connectivity index (χ1) is 8.49. The summed E-state index contributed by atoms with van der Waals surface area (Å²) in [4.78, 5) is 13.7. The molecule has 2 atom stereocenters. The van der Waals surface area contributed by atoms with Gasteiger partial charge in [0, 0.05) is 29.3 Å². The summed E-state index contributed by atoms with van der Waals surface area (Å²) >= 11 is 3.36. The normalized spacial score (nSPS) is 21.1. The maximum atomic E-state index is 11.5. The molecule has 1 heterocycles. The van der Waals surface area contributed by atoms with Crippen LogP contribution in [-0.2, 0) is 0 Å². The highest BCUT2D eigenvalue weighted by molar-refractivity contribution is 9.10. The summed E-state index contributed by atoms with van der Waals surface area (Å²) in [6.07, 6.45) is 1.06. The van der Waals surface area contributed by atoms with Gasteiger partial charge in [0.1, 0.15) is 0 Å². The van der Waals surface area contributed by atoms with Gasteiger partial charge in [-0.3, -0.25) is 4.79 Å². The molecule has 5 heteroatoms. The summed E-state index contributed by atoms with van der Waals surface area (Å²) < 4.78 is 0.864. The van der Waals surface area contributed by atoms with E-state index in [1.165, 1.54) is 0 Å². The molecule has 18 heavy (non-hydrogen) atoms. The maximum Gasteiger partial charge on any atom is 0.250 e. The van der Waals surface area contributed by atoms with E-state index >= 15 is 0 Å². The summed E-state index contributed by atoms with van der Waals surface area (Å²) in [6.45, 7) is 3.85. The van der Waals surface area contributed by atoms with E-state index < -0.39 is 5.91 Å². The van der Waals surface area contributed by atoms with Gasteiger partial charge in [-0.2, -0.15) is 0 Å². The Morgan fingerprint density at radius 2 is 2.28 bits per heavy atom. The topological polar surface area (TPSA) is 72.3 Å². The Bertz CT molecular complexity index is 462. The van der Waals surface area contributed by atoms with Gasteiger partial charge in [-0.25, -0.2) is 0 Å². The number of primary amides is 1. The third-order valence-corrected chi connectivity index (χ3v) is 4.03. The molecule has 1 aliphatic rings. The van der Waals surface area contributed by atoms with Crippen LogP contribution in [0.3, 0.4) is 0 Å². The Hall–Kier alpha value is -1.07. The van der Waals surface area contributed by atoms with Crippen LogP contribution >= 0.6 is 15.9 Å². The van der Waals surface area contributed by atoms with E-state index in [1.807, 2.05) is 19.1 Å². The second-order valence-corrected chi connectivity index (χ2v) is 5.80. The first-order valence-corrected chi connectivity index (χ1v) is 6.88. The predicted molar refractivity (Wildman–Crippen MR) is 76.6 cm³/mol. The zero-order valence-corrected chi connectivity index (χ0v) is 12.0. The van der Waals surface area contributed by atoms with Crippen molar-refractivity contribution in [3.8, 4) is 0 Å². The number of anilines is 1. The number of rotatable bonds is 3. The third kappa shape index (κ3) is 2.67. The lowest BCUT2D eigenvalue weighted by molar-refractivity contribution is 0.100. The van der Waals surface area contributed by atoms with Gasteiger partial charge in [-0.15, -0.1) is 0 Å². The van der Waals surface area contributed by atoms with Gasteiger partial charge in [0.15, 0.2) is 0 Å². The monoisotopic (exact) mass is 311 g/mol. The molecule has 1 saturated heterocycles. The fourth-order valence-corrected chi connectivity index (χ4v) is 2.78. The van der Waals surface area contributed by atoms with Crippen molar-refractivity contribution in [2.75, 3.05) is 18.0 Å². The van der Waals surface area contributed by atoms with Gasteiger partial charge in [0.2, 0.25) is 0 Å². The Morgan fingerprint density at radius 3 is 2.83 bits per heavy atom. The van der Waals surface area contributed by atoms with E-state index in [9.17, 15) is 4.79 Å². The predicted octanol–water partition coefficient (Wildman–Crippen LogP) is 1.72. The minimum atomic E-state index is -0.393. The summed E-state index contributed by atoms with van der Waals surface area (Å²) in [5.41, 5.74) is 12.8. The molecule has 2 unspecified atom stereocenters. The first-order valence-electron chi connectivity index (χ1n) is 6.09. The molecule has 0 saturated carbocycles. The number of hydrogen-bond donors (Lipinski definition) is 2. The van der Waals surface area contributed by atoms with Crippen LogP contribution in [0, 0.1) is 5.92 Å².